The van der Waals surface area contributed by atoms with E-state index in [0.29, 0.717) is 16.4 Å². The fourth-order valence-corrected chi connectivity index (χ4v) is 1.43. The number of carbonyl (C=O) groups is 1. The number of carbonyl (C=O) groups excluding carboxylic acids is 1. The number of nitrogens with two attached hydrogens (primary N) is 1. The number of nitrogens with zero attached hydrogens (tertiary/aromatic N) is 3. The van der Waals surface area contributed by atoms with Gasteiger partial charge in [0.25, 0.3) is 5.91 Å². The van der Waals surface area contributed by atoms with E-state index in [2.05, 4.69) is 25.3 Å². The molecule has 0 radical (unpaired) electrons. The summed E-state index contributed by atoms with van der Waals surface area (Å²) >= 11 is 1.10. The van der Waals surface area contributed by atoms with Crippen molar-refractivity contribution in [3.63, 3.8) is 0 Å². The van der Waals surface area contributed by atoms with Crippen LogP contribution in [0, 0.1) is 0 Å². The minimum Gasteiger partial charge on any atom is -0.323 e. The van der Waals surface area contributed by atoms with E-state index >= 15 is 0 Å². The molecular weight excluding hydrogens is 228 g/mol. The molecule has 0 saturated heterocycles. The fraction of sp³-hybridized carbons (Fsp3) is 0. The van der Waals surface area contributed by atoms with Gasteiger partial charge in [0.1, 0.15) is 10.7 Å². The molecule has 16 heavy (non-hydrogen) atoms. The predicted molar refractivity (Wildman–Crippen MR) is 59.9 cm³/mol. The molecule has 0 aliphatic rings. The molecule has 0 aliphatic carbocycles. The Bertz CT molecular complexity index is 468. The normalized spacial score (nSPS) is 9.81. The van der Waals surface area contributed by atoms with Gasteiger partial charge in [-0.05, 0) is 12.1 Å². The van der Waals surface area contributed by atoms with Gasteiger partial charge in [-0.2, -0.15) is 0 Å². The first-order chi connectivity index (χ1) is 7.79. The third-order valence-electron chi connectivity index (χ3n) is 1.76. The highest BCUT2D eigenvalue weighted by Gasteiger charge is 2.08. The molecule has 0 bridgehead atoms. The van der Waals surface area contributed by atoms with E-state index < -0.39 is 0 Å². The highest BCUT2D eigenvalue weighted by atomic mass is 32.1. The van der Waals surface area contributed by atoms with Crippen LogP contribution in [0.5, 0.6) is 0 Å². The molecule has 1 amide bonds. The average Bonchev–Trinajstić information content (AvgIpc) is 2.82. The zero-order valence-corrected chi connectivity index (χ0v) is 8.86. The third kappa shape index (κ3) is 2.30. The molecule has 2 aromatic heterocycles. The number of pyridine rings is 1. The van der Waals surface area contributed by atoms with Crippen LogP contribution in [0.2, 0.25) is 0 Å². The Hall–Kier alpha value is -2.06. The van der Waals surface area contributed by atoms with Gasteiger partial charge in [0, 0.05) is 11.5 Å². The number of hydrogen-bond donors (Lipinski definition) is 3. The fourth-order valence-electron chi connectivity index (χ4n) is 1.01. The van der Waals surface area contributed by atoms with E-state index in [-0.39, 0.29) is 5.91 Å². The standard InChI is InChI=1S/C8H8N6OS/c9-13-5-1-2-6(10-3-5)8(15)12-7-4-11-14-16-7/h1-4,13H,9H2,(H,12,15). The lowest BCUT2D eigenvalue weighted by Gasteiger charge is -2.02. The lowest BCUT2D eigenvalue weighted by atomic mass is 10.3. The summed E-state index contributed by atoms with van der Waals surface area (Å²) in [5.74, 6) is 4.87. The van der Waals surface area contributed by atoms with Gasteiger partial charge in [0.05, 0.1) is 18.1 Å². The van der Waals surface area contributed by atoms with Crippen molar-refractivity contribution in [3.8, 4) is 0 Å². The second-order valence-corrected chi connectivity index (χ2v) is 3.60. The number of nitrogens with one attached hydrogen (secondary N) is 2. The quantitative estimate of drug-likeness (QED) is 0.528. The molecule has 8 heteroatoms. The van der Waals surface area contributed by atoms with E-state index in [0.717, 1.165) is 11.5 Å². The molecule has 4 N–H and O–H groups in total. The van der Waals surface area contributed by atoms with Crippen molar-refractivity contribution < 1.29 is 4.79 Å². The average molecular weight is 236 g/mol. The summed E-state index contributed by atoms with van der Waals surface area (Å²) in [4.78, 5) is 15.6. The Labute approximate surface area is 94.8 Å². The zero-order chi connectivity index (χ0) is 11.4. The van der Waals surface area contributed by atoms with Gasteiger partial charge in [-0.3, -0.25) is 10.6 Å². The summed E-state index contributed by atoms with van der Waals surface area (Å²) in [6.07, 6.45) is 2.94. The maximum absolute atomic E-state index is 11.6. The summed E-state index contributed by atoms with van der Waals surface area (Å²) in [6, 6.07) is 3.23. The highest BCUT2D eigenvalue weighted by molar-refractivity contribution is 7.10. The predicted octanol–water partition coefficient (Wildman–Crippen LogP) is 0.471. The maximum Gasteiger partial charge on any atom is 0.274 e. The summed E-state index contributed by atoms with van der Waals surface area (Å²) in [5.41, 5.74) is 3.36. The van der Waals surface area contributed by atoms with Crippen LogP contribution in [0.25, 0.3) is 0 Å². The highest BCUT2D eigenvalue weighted by Crippen LogP contribution is 2.11. The minimum absolute atomic E-state index is 0.299. The van der Waals surface area contributed by atoms with Crippen molar-refractivity contribution in [2.24, 2.45) is 5.84 Å². The van der Waals surface area contributed by atoms with Gasteiger partial charge in [-0.1, -0.05) is 4.49 Å². The van der Waals surface area contributed by atoms with Crippen LogP contribution in [0.4, 0.5) is 10.7 Å². The van der Waals surface area contributed by atoms with Gasteiger partial charge < -0.3 is 10.7 Å². The van der Waals surface area contributed by atoms with Crippen LogP contribution < -0.4 is 16.6 Å². The Morgan fingerprint density at radius 3 is 2.81 bits per heavy atom. The van der Waals surface area contributed by atoms with Gasteiger partial charge in [0.2, 0.25) is 0 Å². The van der Waals surface area contributed by atoms with E-state index in [1.54, 1.807) is 12.1 Å². The Kier molecular flexibility index (Phi) is 3.03. The van der Waals surface area contributed by atoms with Crippen LogP contribution in [0.15, 0.2) is 24.5 Å². The van der Waals surface area contributed by atoms with E-state index in [4.69, 9.17) is 5.84 Å². The van der Waals surface area contributed by atoms with Gasteiger partial charge in [-0.15, -0.1) is 5.10 Å². The zero-order valence-electron chi connectivity index (χ0n) is 8.04. The number of nitrogen functional groups attached to an aromatic ring is 1. The monoisotopic (exact) mass is 236 g/mol. The Morgan fingerprint density at radius 1 is 1.38 bits per heavy atom. The maximum atomic E-state index is 11.6. The van der Waals surface area contributed by atoms with Crippen LogP contribution >= 0.6 is 11.5 Å². The first-order valence-electron chi connectivity index (χ1n) is 4.31. The molecule has 0 spiro atoms. The summed E-state index contributed by atoms with van der Waals surface area (Å²) in [6.45, 7) is 0. The topological polar surface area (TPSA) is 106 Å². The summed E-state index contributed by atoms with van der Waals surface area (Å²) < 4.78 is 3.63. The van der Waals surface area contributed by atoms with Crippen molar-refractivity contribution in [1.82, 2.24) is 14.6 Å². The number of aromatic nitrogens is 3. The number of amides is 1. The van der Waals surface area contributed by atoms with Gasteiger partial charge in [0.15, 0.2) is 0 Å². The molecule has 0 aliphatic heterocycles. The molecule has 0 saturated carbocycles. The molecule has 0 atom stereocenters. The molecule has 0 unspecified atom stereocenters. The van der Waals surface area contributed by atoms with Crippen LogP contribution in [-0.4, -0.2) is 20.5 Å². The van der Waals surface area contributed by atoms with E-state index in [1.165, 1.54) is 12.4 Å². The lowest BCUT2D eigenvalue weighted by Crippen LogP contribution is -2.13. The largest absolute Gasteiger partial charge is 0.323 e. The van der Waals surface area contributed by atoms with Crippen molar-refractivity contribution in [3.05, 3.63) is 30.2 Å². The van der Waals surface area contributed by atoms with Crippen LogP contribution in [0.3, 0.4) is 0 Å². The van der Waals surface area contributed by atoms with Gasteiger partial charge >= 0.3 is 0 Å². The Balaban J connectivity index is 2.09. The second kappa shape index (κ2) is 4.64. The number of hydrazine groups is 1. The SMILES string of the molecule is NNc1ccc(C(=O)Nc2cnns2)nc1. The van der Waals surface area contributed by atoms with E-state index in [9.17, 15) is 4.79 Å². The van der Waals surface area contributed by atoms with Crippen molar-refractivity contribution in [2.75, 3.05) is 10.7 Å². The van der Waals surface area contributed by atoms with Crippen LogP contribution in [-0.2, 0) is 0 Å². The number of anilines is 2. The molecule has 0 fully saturated rings. The molecule has 82 valence electrons. The summed E-state index contributed by atoms with van der Waals surface area (Å²) in [7, 11) is 0. The smallest absolute Gasteiger partial charge is 0.274 e. The number of rotatable bonds is 3. The molecule has 2 rings (SSSR count). The molecule has 7 nitrogen and oxygen atoms in total. The van der Waals surface area contributed by atoms with Crippen molar-refractivity contribution in [2.45, 2.75) is 0 Å². The summed E-state index contributed by atoms with van der Waals surface area (Å²) in [5, 5.41) is 6.80. The first-order valence-corrected chi connectivity index (χ1v) is 5.08. The second-order valence-electron chi connectivity index (χ2n) is 2.81. The lowest BCUT2D eigenvalue weighted by molar-refractivity contribution is 0.102. The molecular formula is C8H8N6OS. The molecule has 2 aromatic rings. The van der Waals surface area contributed by atoms with E-state index in [1.807, 2.05) is 0 Å². The molecule has 2 heterocycles. The van der Waals surface area contributed by atoms with Crippen molar-refractivity contribution >= 4 is 28.1 Å². The minimum atomic E-state index is -0.311. The van der Waals surface area contributed by atoms with Crippen molar-refractivity contribution in [1.29, 1.82) is 0 Å². The van der Waals surface area contributed by atoms with Gasteiger partial charge in [-0.25, -0.2) is 4.98 Å². The van der Waals surface area contributed by atoms with Crippen LogP contribution in [0.1, 0.15) is 10.5 Å². The first kappa shape index (κ1) is 10.5. The number of hydrogen-bond acceptors (Lipinski definition) is 7. The Morgan fingerprint density at radius 2 is 2.25 bits per heavy atom. The third-order valence-corrected chi connectivity index (χ3v) is 2.34. The molecule has 0 aromatic carbocycles.